The van der Waals surface area contributed by atoms with Crippen molar-refractivity contribution in [1.29, 1.82) is 0 Å². The summed E-state index contributed by atoms with van der Waals surface area (Å²) in [6, 6.07) is 31.1. The molecule has 0 saturated carbocycles. The maximum Gasteiger partial charge on any atom is 0.269 e. The summed E-state index contributed by atoms with van der Waals surface area (Å²) in [5, 5.41) is 5.18. The first-order valence-corrected chi connectivity index (χ1v) is 12.7. The normalized spacial score (nSPS) is 10.1. The predicted octanol–water partition coefficient (Wildman–Crippen LogP) is 4.35. The predicted molar refractivity (Wildman–Crippen MR) is 155 cm³/mol. The number of hydrogen-bond acceptors (Lipinski definition) is 6. The molecule has 4 N–H and O–H groups in total. The van der Waals surface area contributed by atoms with Crippen molar-refractivity contribution in [3.05, 3.63) is 126 Å². The molecule has 0 spiro atoms. The van der Waals surface area contributed by atoms with E-state index in [4.69, 9.17) is 21.7 Å². The highest BCUT2D eigenvalue weighted by Crippen LogP contribution is 2.14. The molecule has 0 fully saturated rings. The lowest BCUT2D eigenvalue weighted by Gasteiger charge is -2.12. The smallest absolute Gasteiger partial charge is 0.269 e. The monoisotopic (exact) mass is 554 g/mol. The number of rotatable bonds is 9. The number of carbonyl (C=O) groups excluding carboxylic acids is 3. The van der Waals surface area contributed by atoms with E-state index < -0.39 is 11.8 Å². The number of hydrogen-bond donors (Lipinski definition) is 4. The van der Waals surface area contributed by atoms with Crippen LogP contribution in [0.15, 0.2) is 109 Å². The Hall–Kier alpha value is -5.22. The zero-order valence-electron chi connectivity index (χ0n) is 21.3. The molecule has 0 bridgehead atoms. The van der Waals surface area contributed by atoms with Gasteiger partial charge < -0.3 is 14.8 Å². The zero-order valence-corrected chi connectivity index (χ0v) is 22.1. The highest BCUT2D eigenvalue weighted by atomic mass is 32.1. The standard InChI is InChI=1S/C30H26N4O5S/c35-27(21-8-3-1-4-9-21)31-24-16-14-22(15-17-24)29(37)33-34-30(40)32-28(36)23-10-7-13-26(20-23)39-19-18-38-25-11-5-2-6-12-25/h1-17,20H,18-19H2,(H,31,35)(H,33,37)(H2,32,34,36,40). The molecule has 0 aliphatic rings. The van der Waals surface area contributed by atoms with Gasteiger partial charge in [0, 0.05) is 22.4 Å². The van der Waals surface area contributed by atoms with Gasteiger partial charge in [0.2, 0.25) is 0 Å². The van der Waals surface area contributed by atoms with Crippen LogP contribution >= 0.6 is 12.2 Å². The fourth-order valence-electron chi connectivity index (χ4n) is 3.45. The van der Waals surface area contributed by atoms with Crippen LogP contribution < -0.4 is 31.0 Å². The number of nitrogens with one attached hydrogen (secondary N) is 4. The van der Waals surface area contributed by atoms with Crippen LogP contribution in [-0.2, 0) is 0 Å². The Morgan fingerprint density at radius 2 is 1.15 bits per heavy atom. The van der Waals surface area contributed by atoms with Crippen molar-refractivity contribution >= 4 is 40.7 Å². The van der Waals surface area contributed by atoms with E-state index in [0.29, 0.717) is 41.3 Å². The van der Waals surface area contributed by atoms with E-state index in [1.54, 1.807) is 72.8 Å². The highest BCUT2D eigenvalue weighted by Gasteiger charge is 2.11. The number of benzene rings is 4. The summed E-state index contributed by atoms with van der Waals surface area (Å²) >= 11 is 5.13. The topological polar surface area (TPSA) is 118 Å². The lowest BCUT2D eigenvalue weighted by Crippen LogP contribution is -2.48. The van der Waals surface area contributed by atoms with Crippen molar-refractivity contribution in [2.45, 2.75) is 0 Å². The molecule has 3 amide bonds. The third-order valence-electron chi connectivity index (χ3n) is 5.42. The van der Waals surface area contributed by atoms with E-state index in [1.807, 2.05) is 36.4 Å². The SMILES string of the molecule is O=C(NNC(=S)NC(=O)c1cccc(OCCOc2ccccc2)c1)c1ccc(NC(=O)c2ccccc2)cc1. The summed E-state index contributed by atoms with van der Waals surface area (Å²) in [6.45, 7) is 0.644. The van der Waals surface area contributed by atoms with Gasteiger partial charge in [-0.05, 0) is 78.9 Å². The van der Waals surface area contributed by atoms with Crippen molar-refractivity contribution in [2.24, 2.45) is 0 Å². The van der Waals surface area contributed by atoms with Gasteiger partial charge in [-0.1, -0.05) is 42.5 Å². The summed E-state index contributed by atoms with van der Waals surface area (Å²) < 4.78 is 11.3. The van der Waals surface area contributed by atoms with Gasteiger partial charge in [-0.15, -0.1) is 0 Å². The van der Waals surface area contributed by atoms with Crippen LogP contribution in [0.5, 0.6) is 11.5 Å². The second-order valence-electron chi connectivity index (χ2n) is 8.30. The molecule has 4 aromatic rings. The molecule has 0 saturated heterocycles. The van der Waals surface area contributed by atoms with Crippen molar-refractivity contribution in [1.82, 2.24) is 16.2 Å². The van der Waals surface area contributed by atoms with Crippen molar-refractivity contribution < 1.29 is 23.9 Å². The van der Waals surface area contributed by atoms with Gasteiger partial charge in [0.15, 0.2) is 5.11 Å². The molecule has 0 unspecified atom stereocenters. The van der Waals surface area contributed by atoms with Crippen molar-refractivity contribution in [2.75, 3.05) is 18.5 Å². The van der Waals surface area contributed by atoms with E-state index in [1.165, 1.54) is 0 Å². The lowest BCUT2D eigenvalue weighted by atomic mass is 10.1. The van der Waals surface area contributed by atoms with Gasteiger partial charge >= 0.3 is 0 Å². The summed E-state index contributed by atoms with van der Waals surface area (Å²) in [5.74, 6) is 0.0354. The second kappa shape index (κ2) is 14.1. The average molecular weight is 555 g/mol. The minimum Gasteiger partial charge on any atom is -0.490 e. The largest absolute Gasteiger partial charge is 0.490 e. The van der Waals surface area contributed by atoms with Crippen LogP contribution in [0.1, 0.15) is 31.1 Å². The molecule has 202 valence electrons. The first kappa shape index (κ1) is 27.8. The first-order chi connectivity index (χ1) is 19.5. The minimum absolute atomic E-state index is 0.0901. The molecule has 0 aliphatic carbocycles. The quantitative estimate of drug-likeness (QED) is 0.138. The molecule has 10 heteroatoms. The fraction of sp³-hybridized carbons (Fsp3) is 0.0667. The number of ether oxygens (including phenoxy) is 2. The number of para-hydroxylation sites is 1. The Bertz CT molecular complexity index is 1460. The minimum atomic E-state index is -0.481. The van der Waals surface area contributed by atoms with E-state index in [-0.39, 0.29) is 11.0 Å². The lowest BCUT2D eigenvalue weighted by molar-refractivity contribution is 0.0934. The molecule has 4 aromatic carbocycles. The Kier molecular flexibility index (Phi) is 9.78. The zero-order chi connectivity index (χ0) is 28.2. The van der Waals surface area contributed by atoms with Gasteiger partial charge in [0.05, 0.1) is 0 Å². The molecule has 0 atom stereocenters. The Balaban J connectivity index is 1.20. The fourth-order valence-corrected chi connectivity index (χ4v) is 3.60. The van der Waals surface area contributed by atoms with Crippen LogP contribution in [0.3, 0.4) is 0 Å². The van der Waals surface area contributed by atoms with Crippen LogP contribution in [0.4, 0.5) is 5.69 Å². The second-order valence-corrected chi connectivity index (χ2v) is 8.71. The van der Waals surface area contributed by atoms with Gasteiger partial charge in [-0.2, -0.15) is 0 Å². The molecule has 0 heterocycles. The number of anilines is 1. The van der Waals surface area contributed by atoms with Crippen LogP contribution in [-0.4, -0.2) is 36.0 Å². The maximum atomic E-state index is 12.6. The average Bonchev–Trinajstić information content (AvgIpc) is 2.99. The van der Waals surface area contributed by atoms with Gasteiger partial charge in [0.1, 0.15) is 24.7 Å². The molecule has 0 aromatic heterocycles. The first-order valence-electron chi connectivity index (χ1n) is 12.3. The van der Waals surface area contributed by atoms with E-state index in [0.717, 1.165) is 5.75 Å². The molecule has 0 aliphatic heterocycles. The third-order valence-corrected chi connectivity index (χ3v) is 5.62. The van der Waals surface area contributed by atoms with Crippen LogP contribution in [0.25, 0.3) is 0 Å². The van der Waals surface area contributed by atoms with Crippen molar-refractivity contribution in [3.8, 4) is 11.5 Å². The Morgan fingerprint density at radius 3 is 1.85 bits per heavy atom. The highest BCUT2D eigenvalue weighted by molar-refractivity contribution is 7.80. The summed E-state index contributed by atoms with van der Waals surface area (Å²) in [4.78, 5) is 37.3. The summed E-state index contributed by atoms with van der Waals surface area (Å²) in [7, 11) is 0. The summed E-state index contributed by atoms with van der Waals surface area (Å²) in [6.07, 6.45) is 0. The molecule has 40 heavy (non-hydrogen) atoms. The number of thiocarbonyl (C=S) groups is 1. The third kappa shape index (κ3) is 8.40. The number of hydrazine groups is 1. The van der Waals surface area contributed by atoms with Crippen LogP contribution in [0, 0.1) is 0 Å². The van der Waals surface area contributed by atoms with E-state index in [2.05, 4.69) is 21.5 Å². The van der Waals surface area contributed by atoms with Gasteiger partial charge in [-0.3, -0.25) is 30.6 Å². The molecule has 0 radical (unpaired) electrons. The Morgan fingerprint density at radius 1 is 0.575 bits per heavy atom. The number of amides is 3. The summed E-state index contributed by atoms with van der Waals surface area (Å²) in [5.41, 5.74) is 6.64. The Labute approximate surface area is 236 Å². The van der Waals surface area contributed by atoms with Crippen LogP contribution in [0.2, 0.25) is 0 Å². The van der Waals surface area contributed by atoms with Gasteiger partial charge in [0.25, 0.3) is 17.7 Å². The maximum absolute atomic E-state index is 12.6. The molecule has 9 nitrogen and oxygen atoms in total. The molecule has 4 rings (SSSR count). The van der Waals surface area contributed by atoms with E-state index >= 15 is 0 Å². The number of carbonyl (C=O) groups is 3. The molecular weight excluding hydrogens is 528 g/mol. The van der Waals surface area contributed by atoms with E-state index in [9.17, 15) is 14.4 Å². The molecular formula is C30H26N4O5S. The van der Waals surface area contributed by atoms with Gasteiger partial charge in [-0.25, -0.2) is 0 Å². The van der Waals surface area contributed by atoms with Crippen molar-refractivity contribution in [3.63, 3.8) is 0 Å².